The summed E-state index contributed by atoms with van der Waals surface area (Å²) in [7, 11) is 0. The van der Waals surface area contributed by atoms with E-state index in [1.165, 1.54) is 25.7 Å². The molecule has 0 aromatic carbocycles. The number of ether oxygens (including phenoxy) is 1. The number of hydrogen-bond acceptors (Lipinski definition) is 2. The van der Waals surface area contributed by atoms with Crippen LogP contribution in [0.5, 0.6) is 0 Å². The smallest absolute Gasteiger partial charge is 0.0619 e. The Kier molecular flexibility index (Phi) is 5.40. The third-order valence-electron chi connectivity index (χ3n) is 2.52. The number of nitrogens with one attached hydrogen (secondary N) is 1. The number of hydrogen-bond donors (Lipinski definition) is 1. The highest BCUT2D eigenvalue weighted by atomic mass is 16.5. The average Bonchev–Trinajstić information content (AvgIpc) is 2.93. The van der Waals surface area contributed by atoms with Crippen molar-refractivity contribution in [1.82, 2.24) is 5.32 Å². The molecule has 1 aliphatic rings. The fraction of sp³-hybridized carbons (Fsp3) is 1.00. The molecule has 13 heavy (non-hydrogen) atoms. The summed E-state index contributed by atoms with van der Waals surface area (Å²) in [6.07, 6.45) is 5.42. The molecule has 1 saturated carbocycles. The molecular weight excluding hydrogens is 162 g/mol. The van der Waals surface area contributed by atoms with E-state index in [1.54, 1.807) is 0 Å². The van der Waals surface area contributed by atoms with Gasteiger partial charge in [-0.2, -0.15) is 0 Å². The van der Waals surface area contributed by atoms with Crippen LogP contribution in [0.1, 0.15) is 39.5 Å². The van der Waals surface area contributed by atoms with Crippen molar-refractivity contribution in [3.63, 3.8) is 0 Å². The first-order chi connectivity index (χ1) is 6.36. The molecule has 0 aromatic heterocycles. The van der Waals surface area contributed by atoms with Gasteiger partial charge in [-0.05, 0) is 32.2 Å². The van der Waals surface area contributed by atoms with Gasteiger partial charge in [-0.15, -0.1) is 0 Å². The zero-order valence-corrected chi connectivity index (χ0v) is 9.01. The fourth-order valence-corrected chi connectivity index (χ4v) is 1.57. The van der Waals surface area contributed by atoms with Crippen LogP contribution in [0.2, 0.25) is 0 Å². The number of rotatable bonds is 8. The first kappa shape index (κ1) is 11.0. The summed E-state index contributed by atoms with van der Waals surface area (Å²) in [6.45, 7) is 7.14. The second-order valence-corrected chi connectivity index (χ2v) is 3.99. The lowest BCUT2D eigenvalue weighted by atomic mass is 10.1. The Morgan fingerprint density at radius 2 is 2.15 bits per heavy atom. The van der Waals surface area contributed by atoms with Crippen LogP contribution in [-0.2, 0) is 4.74 Å². The van der Waals surface area contributed by atoms with E-state index in [-0.39, 0.29) is 0 Å². The second kappa shape index (κ2) is 6.39. The monoisotopic (exact) mass is 185 g/mol. The summed E-state index contributed by atoms with van der Waals surface area (Å²) in [5.41, 5.74) is 0. The van der Waals surface area contributed by atoms with Gasteiger partial charge in [0.05, 0.1) is 6.61 Å². The third kappa shape index (κ3) is 5.27. The molecule has 0 radical (unpaired) electrons. The maximum absolute atomic E-state index is 5.46. The lowest BCUT2D eigenvalue weighted by Crippen LogP contribution is -2.34. The Balaban J connectivity index is 2.08. The molecule has 0 bridgehead atoms. The van der Waals surface area contributed by atoms with Crippen molar-refractivity contribution in [3.8, 4) is 0 Å². The summed E-state index contributed by atoms with van der Waals surface area (Å²) in [5.74, 6) is 0.995. The third-order valence-corrected chi connectivity index (χ3v) is 2.52. The van der Waals surface area contributed by atoms with Gasteiger partial charge in [0.15, 0.2) is 0 Å². The van der Waals surface area contributed by atoms with E-state index < -0.39 is 0 Å². The molecular formula is C11H23NO. The van der Waals surface area contributed by atoms with Crippen LogP contribution in [0, 0.1) is 5.92 Å². The van der Waals surface area contributed by atoms with Gasteiger partial charge >= 0.3 is 0 Å². The Bertz CT molecular complexity index is 115. The molecule has 0 aliphatic heterocycles. The minimum atomic E-state index is 0.604. The molecule has 2 heteroatoms. The van der Waals surface area contributed by atoms with Crippen molar-refractivity contribution in [2.45, 2.75) is 45.6 Å². The van der Waals surface area contributed by atoms with Gasteiger partial charge in [0.1, 0.15) is 0 Å². The molecule has 1 N–H and O–H groups in total. The quantitative estimate of drug-likeness (QED) is 0.626. The SMILES string of the molecule is CCCNC(COCC)CC1CC1. The highest BCUT2D eigenvalue weighted by Gasteiger charge is 2.24. The molecule has 2 nitrogen and oxygen atoms in total. The van der Waals surface area contributed by atoms with Crippen LogP contribution in [0.15, 0.2) is 0 Å². The topological polar surface area (TPSA) is 21.3 Å². The first-order valence-electron chi connectivity index (χ1n) is 5.68. The minimum absolute atomic E-state index is 0.604. The Hall–Kier alpha value is -0.0800. The van der Waals surface area contributed by atoms with Crippen molar-refractivity contribution >= 4 is 0 Å². The van der Waals surface area contributed by atoms with Gasteiger partial charge < -0.3 is 10.1 Å². The maximum atomic E-state index is 5.46. The molecule has 1 fully saturated rings. The summed E-state index contributed by atoms with van der Waals surface area (Å²) in [4.78, 5) is 0. The van der Waals surface area contributed by atoms with Gasteiger partial charge in [-0.1, -0.05) is 19.8 Å². The van der Waals surface area contributed by atoms with Crippen molar-refractivity contribution < 1.29 is 4.74 Å². The highest BCUT2D eigenvalue weighted by molar-refractivity contribution is 4.79. The lowest BCUT2D eigenvalue weighted by Gasteiger charge is -2.17. The highest BCUT2D eigenvalue weighted by Crippen LogP contribution is 2.33. The Morgan fingerprint density at radius 1 is 1.38 bits per heavy atom. The second-order valence-electron chi connectivity index (χ2n) is 3.99. The molecule has 0 aromatic rings. The predicted octanol–water partition coefficient (Wildman–Crippen LogP) is 2.19. The van der Waals surface area contributed by atoms with Crippen molar-refractivity contribution in [2.24, 2.45) is 5.92 Å². The van der Waals surface area contributed by atoms with Crippen LogP contribution < -0.4 is 5.32 Å². The molecule has 1 unspecified atom stereocenters. The van der Waals surface area contributed by atoms with Gasteiger partial charge in [-0.3, -0.25) is 0 Å². The normalized spacial score (nSPS) is 18.9. The van der Waals surface area contributed by atoms with Crippen molar-refractivity contribution in [2.75, 3.05) is 19.8 Å². The summed E-state index contributed by atoms with van der Waals surface area (Å²) in [5, 5.41) is 3.55. The van der Waals surface area contributed by atoms with Gasteiger partial charge in [0.25, 0.3) is 0 Å². The molecule has 1 rings (SSSR count). The molecule has 0 spiro atoms. The van der Waals surface area contributed by atoms with E-state index in [4.69, 9.17) is 4.74 Å². The van der Waals surface area contributed by atoms with Gasteiger partial charge in [0, 0.05) is 12.6 Å². The maximum Gasteiger partial charge on any atom is 0.0619 e. The molecule has 1 atom stereocenters. The van der Waals surface area contributed by atoms with Gasteiger partial charge in [-0.25, -0.2) is 0 Å². The Labute approximate surface area is 82.0 Å². The first-order valence-corrected chi connectivity index (χ1v) is 5.68. The minimum Gasteiger partial charge on any atom is -0.380 e. The van der Waals surface area contributed by atoms with Crippen LogP contribution in [-0.4, -0.2) is 25.8 Å². The van der Waals surface area contributed by atoms with Crippen molar-refractivity contribution in [1.29, 1.82) is 0 Å². The van der Waals surface area contributed by atoms with E-state index in [0.29, 0.717) is 6.04 Å². The van der Waals surface area contributed by atoms with E-state index in [0.717, 1.165) is 25.7 Å². The van der Waals surface area contributed by atoms with Crippen LogP contribution >= 0.6 is 0 Å². The van der Waals surface area contributed by atoms with E-state index in [1.807, 2.05) is 0 Å². The lowest BCUT2D eigenvalue weighted by molar-refractivity contribution is 0.118. The van der Waals surface area contributed by atoms with Crippen LogP contribution in [0.25, 0.3) is 0 Å². The summed E-state index contributed by atoms with van der Waals surface area (Å²) >= 11 is 0. The fourth-order valence-electron chi connectivity index (χ4n) is 1.57. The van der Waals surface area contributed by atoms with E-state index in [2.05, 4.69) is 19.2 Å². The van der Waals surface area contributed by atoms with E-state index in [9.17, 15) is 0 Å². The molecule has 78 valence electrons. The molecule has 0 saturated heterocycles. The van der Waals surface area contributed by atoms with E-state index >= 15 is 0 Å². The molecule has 0 heterocycles. The van der Waals surface area contributed by atoms with Crippen LogP contribution in [0.3, 0.4) is 0 Å². The molecule has 1 aliphatic carbocycles. The van der Waals surface area contributed by atoms with Crippen molar-refractivity contribution in [3.05, 3.63) is 0 Å². The zero-order chi connectivity index (χ0) is 9.52. The Morgan fingerprint density at radius 3 is 2.69 bits per heavy atom. The van der Waals surface area contributed by atoms with Crippen LogP contribution in [0.4, 0.5) is 0 Å². The van der Waals surface area contributed by atoms with Gasteiger partial charge in [0.2, 0.25) is 0 Å². The standard InChI is InChI=1S/C11H23NO/c1-3-7-12-11(9-13-4-2)8-10-5-6-10/h10-12H,3-9H2,1-2H3. The largest absolute Gasteiger partial charge is 0.380 e. The predicted molar refractivity (Wildman–Crippen MR) is 55.9 cm³/mol. The summed E-state index contributed by atoms with van der Waals surface area (Å²) < 4.78 is 5.46. The molecule has 0 amide bonds. The summed E-state index contributed by atoms with van der Waals surface area (Å²) in [6, 6.07) is 0.604. The zero-order valence-electron chi connectivity index (χ0n) is 9.01. The average molecular weight is 185 g/mol.